The van der Waals surface area contributed by atoms with Gasteiger partial charge in [0.25, 0.3) is 0 Å². The first-order valence-corrected chi connectivity index (χ1v) is 20.3. The summed E-state index contributed by atoms with van der Waals surface area (Å²) in [6.45, 7) is 12.6. The van der Waals surface area contributed by atoms with Crippen molar-refractivity contribution in [1.82, 2.24) is 40.4 Å². The fourth-order valence-corrected chi connectivity index (χ4v) is 7.33. The number of benzene rings is 2. The van der Waals surface area contributed by atoms with Gasteiger partial charge in [0.15, 0.2) is 5.17 Å². The van der Waals surface area contributed by atoms with Crippen molar-refractivity contribution in [1.29, 1.82) is 0 Å². The Morgan fingerprint density at radius 2 is 1.56 bits per heavy atom. The van der Waals surface area contributed by atoms with Crippen LogP contribution in [0.3, 0.4) is 0 Å². The van der Waals surface area contributed by atoms with Crippen LogP contribution in [-0.2, 0) is 20.9 Å². The number of H-pyrrole nitrogens is 2. The lowest BCUT2D eigenvalue weighted by Gasteiger charge is -2.30. The molecule has 2 unspecified atom stereocenters. The number of likely N-dealkylation sites (tertiary alicyclic amines) is 1. The summed E-state index contributed by atoms with van der Waals surface area (Å²) in [6, 6.07) is 16.2. The normalized spacial score (nSPS) is 15.6. The first kappa shape index (κ1) is 41.1. The van der Waals surface area contributed by atoms with Gasteiger partial charge in [0, 0.05) is 18.8 Å². The zero-order chi connectivity index (χ0) is 39.3. The minimum atomic E-state index is -0.642. The predicted octanol–water partition coefficient (Wildman–Crippen LogP) is 7.03. The lowest BCUT2D eigenvalue weighted by molar-refractivity contribution is -0.135. The van der Waals surface area contributed by atoms with Crippen LogP contribution in [0.4, 0.5) is 4.79 Å². The highest BCUT2D eigenvalue weighted by atomic mass is 32.2. The van der Waals surface area contributed by atoms with Gasteiger partial charge in [-0.05, 0) is 47.4 Å². The molecule has 1 saturated heterocycles. The predicted molar refractivity (Wildman–Crippen MR) is 219 cm³/mol. The number of amides is 3. The van der Waals surface area contributed by atoms with Gasteiger partial charge < -0.3 is 35.1 Å². The minimum Gasteiger partial charge on any atom is -0.453 e. The molecular weight excluding hydrogens is 715 g/mol. The molecular formula is C41H55N9O4S. The van der Waals surface area contributed by atoms with Crippen LogP contribution in [0.5, 0.6) is 0 Å². The Morgan fingerprint density at radius 1 is 0.945 bits per heavy atom. The lowest BCUT2D eigenvalue weighted by Crippen LogP contribution is -2.50. The summed E-state index contributed by atoms with van der Waals surface area (Å²) in [4.78, 5) is 62.1. The molecule has 6 rings (SSSR count). The number of nitrogens with zero attached hydrogens (tertiary/aromatic N) is 5. The number of hydrogen-bond acceptors (Lipinski definition) is 9. The highest BCUT2D eigenvalue weighted by Crippen LogP contribution is 2.33. The highest BCUT2D eigenvalue weighted by Gasteiger charge is 2.37. The second-order valence-corrected chi connectivity index (χ2v) is 15.1. The Bertz CT molecular complexity index is 1890. The Hall–Kier alpha value is -5.11. The zero-order valence-electron chi connectivity index (χ0n) is 32.9. The third-order valence-electron chi connectivity index (χ3n) is 9.35. The fraction of sp³-hybridized carbons (Fsp3) is 0.463. The maximum absolute atomic E-state index is 13.8. The molecule has 14 heteroatoms. The molecule has 0 radical (unpaired) electrons. The van der Waals surface area contributed by atoms with Crippen molar-refractivity contribution in [3.8, 4) is 33.6 Å². The van der Waals surface area contributed by atoms with E-state index in [1.807, 2.05) is 30.2 Å². The van der Waals surface area contributed by atoms with E-state index in [0.717, 1.165) is 82.7 Å². The first-order chi connectivity index (χ1) is 26.6. The van der Waals surface area contributed by atoms with Crippen molar-refractivity contribution >= 4 is 34.8 Å². The van der Waals surface area contributed by atoms with E-state index >= 15 is 0 Å². The second-order valence-electron chi connectivity index (χ2n) is 14.0. The number of hydrogen-bond donors (Lipinski definition) is 4. The Labute approximate surface area is 328 Å². The van der Waals surface area contributed by atoms with E-state index < -0.39 is 6.09 Å². The van der Waals surface area contributed by atoms with Crippen LogP contribution in [0.15, 0.2) is 65.9 Å². The van der Waals surface area contributed by atoms with Crippen LogP contribution in [0.2, 0.25) is 0 Å². The molecule has 0 saturated carbocycles. The van der Waals surface area contributed by atoms with Gasteiger partial charge in [0.2, 0.25) is 11.8 Å². The Balaban J connectivity index is 0.00000187. The van der Waals surface area contributed by atoms with Gasteiger partial charge in [0.05, 0.1) is 50.0 Å². The van der Waals surface area contributed by atoms with Crippen LogP contribution in [0, 0.1) is 5.92 Å². The largest absolute Gasteiger partial charge is 0.453 e. The number of carbonyl (C=O) groups excluding carboxylic acids is 3. The average molecular weight is 770 g/mol. The third kappa shape index (κ3) is 10.8. The van der Waals surface area contributed by atoms with Crippen molar-refractivity contribution in [2.24, 2.45) is 10.9 Å². The topological polar surface area (TPSA) is 161 Å². The van der Waals surface area contributed by atoms with E-state index in [1.165, 1.54) is 13.5 Å². The summed E-state index contributed by atoms with van der Waals surface area (Å²) >= 11 is 1.68. The molecule has 4 N–H and O–H groups in total. The number of ether oxygens (including phenoxy) is 1. The van der Waals surface area contributed by atoms with Gasteiger partial charge in [0.1, 0.15) is 24.2 Å². The maximum atomic E-state index is 13.8. The molecule has 294 valence electrons. The number of alkyl carbamates (subject to hydrolysis) is 1. The molecule has 2 aliphatic heterocycles. The number of rotatable bonds is 13. The van der Waals surface area contributed by atoms with E-state index in [4.69, 9.17) is 4.98 Å². The lowest BCUT2D eigenvalue weighted by atomic mass is 10.0. The maximum Gasteiger partial charge on any atom is 0.407 e. The highest BCUT2D eigenvalue weighted by molar-refractivity contribution is 8.14. The number of amidine groups is 1. The molecule has 1 fully saturated rings. The molecule has 2 aromatic carbocycles. The molecule has 2 aliphatic rings. The van der Waals surface area contributed by atoms with Crippen molar-refractivity contribution < 1.29 is 19.1 Å². The van der Waals surface area contributed by atoms with Gasteiger partial charge >= 0.3 is 6.09 Å². The number of thioether (sulfide) groups is 1. The number of carbonyl (C=O) groups is 3. The number of aromatic nitrogens is 4. The van der Waals surface area contributed by atoms with E-state index in [9.17, 15) is 14.4 Å². The van der Waals surface area contributed by atoms with E-state index in [-0.39, 0.29) is 36.4 Å². The van der Waals surface area contributed by atoms with Crippen molar-refractivity contribution in [2.45, 2.75) is 78.9 Å². The molecule has 4 aromatic rings. The van der Waals surface area contributed by atoms with Crippen LogP contribution in [-0.4, -0.2) is 97.9 Å². The summed E-state index contributed by atoms with van der Waals surface area (Å²) in [5.74, 6) is 2.46. The van der Waals surface area contributed by atoms with Gasteiger partial charge in [-0.2, -0.15) is 0 Å². The molecule has 55 heavy (non-hydrogen) atoms. The SMILES string of the molecule is CCC.CCCN(Cc1ncc(-c2ccc(-c3ccc(-c4cnc(C5CCCN5C(=O)C(NC5=NCCS5)C(C)C)[nH]4)cc3)cc2)[nH]1)C(=O)CNC(=O)OC. The molecule has 3 amide bonds. The number of nitrogens with one attached hydrogen (secondary N) is 4. The second kappa shape index (κ2) is 20.0. The average Bonchev–Trinajstić information content (AvgIpc) is 4.04. The van der Waals surface area contributed by atoms with E-state index in [0.29, 0.717) is 18.9 Å². The Morgan fingerprint density at radius 3 is 2.15 bits per heavy atom. The van der Waals surface area contributed by atoms with Crippen molar-refractivity contribution in [3.63, 3.8) is 0 Å². The van der Waals surface area contributed by atoms with Gasteiger partial charge in [-0.3, -0.25) is 14.6 Å². The van der Waals surface area contributed by atoms with E-state index in [2.05, 4.69) is 99.4 Å². The van der Waals surface area contributed by atoms with Crippen molar-refractivity contribution in [2.75, 3.05) is 39.0 Å². The zero-order valence-corrected chi connectivity index (χ0v) is 33.7. The monoisotopic (exact) mass is 769 g/mol. The quantitative estimate of drug-likeness (QED) is 0.113. The van der Waals surface area contributed by atoms with Gasteiger partial charge in [-0.15, -0.1) is 0 Å². The summed E-state index contributed by atoms with van der Waals surface area (Å²) in [5, 5.41) is 6.72. The summed E-state index contributed by atoms with van der Waals surface area (Å²) in [6.07, 6.45) is 6.83. The summed E-state index contributed by atoms with van der Waals surface area (Å²) < 4.78 is 4.56. The number of aromatic amines is 2. The number of methoxy groups -OCH3 is 1. The molecule has 2 atom stereocenters. The fourth-order valence-electron chi connectivity index (χ4n) is 6.56. The summed E-state index contributed by atoms with van der Waals surface area (Å²) in [7, 11) is 1.26. The van der Waals surface area contributed by atoms with Crippen LogP contribution in [0.1, 0.15) is 78.0 Å². The number of imidazole rings is 2. The molecule has 0 bridgehead atoms. The molecule has 0 aliphatic carbocycles. The molecule has 0 spiro atoms. The third-order valence-corrected chi connectivity index (χ3v) is 10.3. The molecule has 13 nitrogen and oxygen atoms in total. The molecule has 2 aromatic heterocycles. The van der Waals surface area contributed by atoms with E-state index in [1.54, 1.807) is 22.9 Å². The number of aliphatic imine (C=N–C) groups is 1. The van der Waals surface area contributed by atoms with Crippen LogP contribution < -0.4 is 10.6 Å². The van der Waals surface area contributed by atoms with Crippen molar-refractivity contribution in [3.05, 3.63) is 72.6 Å². The summed E-state index contributed by atoms with van der Waals surface area (Å²) in [5.41, 5.74) is 5.93. The molecule has 4 heterocycles. The smallest absolute Gasteiger partial charge is 0.407 e. The van der Waals surface area contributed by atoms with Gasteiger partial charge in [-0.25, -0.2) is 14.8 Å². The van der Waals surface area contributed by atoms with Crippen LogP contribution >= 0.6 is 11.8 Å². The van der Waals surface area contributed by atoms with Crippen LogP contribution in [0.25, 0.3) is 33.6 Å². The standard InChI is InChI=1S/C38H47N9O4S.C3H8/c1-5-17-46(33(48)22-42-38(50)51-4)23-32-40-20-29(43-32)27-12-8-25(9-13-27)26-10-14-28(15-11-26)30-21-41-35(44-30)31-7-6-18-47(31)36(49)34(24(2)3)45-37-39-16-19-52-37;1-3-2/h8-15,20-21,24,31,34H,5-7,16-19,22-23H2,1-4H3,(H,39,45)(H,40,43)(H,41,44)(H,42,50);3H2,1-2H3. The first-order valence-electron chi connectivity index (χ1n) is 19.3. The minimum absolute atomic E-state index is 0.0840. The van der Waals surface area contributed by atoms with Gasteiger partial charge in [-0.1, -0.05) is 101 Å². The Kier molecular flexibility index (Phi) is 14.9.